The molecule has 144 valence electrons. The molecule has 25 heavy (non-hydrogen) atoms. The van der Waals surface area contributed by atoms with Crippen molar-refractivity contribution in [3.63, 3.8) is 0 Å². The van der Waals surface area contributed by atoms with E-state index in [-0.39, 0.29) is 42.9 Å². The van der Waals surface area contributed by atoms with Crippen LogP contribution in [0.3, 0.4) is 0 Å². The minimum atomic E-state index is -0.125. The van der Waals surface area contributed by atoms with Crippen molar-refractivity contribution in [3.05, 3.63) is 35.4 Å². The van der Waals surface area contributed by atoms with Gasteiger partial charge in [-0.25, -0.2) is 0 Å². The van der Waals surface area contributed by atoms with Gasteiger partial charge < -0.3 is 16.2 Å². The van der Waals surface area contributed by atoms with Crippen LogP contribution in [-0.4, -0.2) is 41.1 Å². The van der Waals surface area contributed by atoms with E-state index in [1.807, 2.05) is 6.92 Å². The number of nitrogens with two attached hydrogens (primary N) is 1. The van der Waals surface area contributed by atoms with E-state index in [2.05, 4.69) is 34.5 Å². The first kappa shape index (κ1) is 24.1. The van der Waals surface area contributed by atoms with Gasteiger partial charge in [0, 0.05) is 38.6 Å². The third kappa shape index (κ3) is 9.42. The standard InChI is InChI=1S/C18H29N3O2.2ClH/c1-14(19)2-7-18(23)20-12-15-3-5-16(6-4-15)13-21-10-8-17(22)9-11-21;;/h3-6,14,17,22H,2,7-13,19H2,1H3,(H,20,23);2*1H. The molecule has 1 aliphatic rings. The largest absolute Gasteiger partial charge is 0.393 e. The number of nitrogens with one attached hydrogen (secondary N) is 1. The zero-order valence-electron chi connectivity index (χ0n) is 14.8. The molecule has 1 unspecified atom stereocenters. The zero-order valence-corrected chi connectivity index (χ0v) is 16.5. The lowest BCUT2D eigenvalue weighted by molar-refractivity contribution is -0.121. The van der Waals surface area contributed by atoms with Crippen LogP contribution < -0.4 is 11.1 Å². The first-order valence-corrected chi connectivity index (χ1v) is 8.53. The van der Waals surface area contributed by atoms with Crippen LogP contribution in [0, 0.1) is 0 Å². The molecule has 1 fully saturated rings. The van der Waals surface area contributed by atoms with Gasteiger partial charge in [-0.1, -0.05) is 24.3 Å². The Balaban J connectivity index is 0.00000288. The molecule has 7 heteroatoms. The summed E-state index contributed by atoms with van der Waals surface area (Å²) >= 11 is 0. The number of halogens is 2. The highest BCUT2D eigenvalue weighted by atomic mass is 35.5. The summed E-state index contributed by atoms with van der Waals surface area (Å²) in [5.74, 6) is 0.0539. The van der Waals surface area contributed by atoms with Crippen LogP contribution in [0.1, 0.15) is 43.7 Å². The van der Waals surface area contributed by atoms with Crippen LogP contribution in [0.25, 0.3) is 0 Å². The Morgan fingerprint density at radius 2 is 1.80 bits per heavy atom. The molecule has 1 aromatic rings. The summed E-state index contributed by atoms with van der Waals surface area (Å²) in [5.41, 5.74) is 8.03. The molecule has 5 nitrogen and oxygen atoms in total. The van der Waals surface area contributed by atoms with Crippen LogP contribution in [0.2, 0.25) is 0 Å². The normalized spacial score (nSPS) is 16.4. The van der Waals surface area contributed by atoms with Crippen LogP contribution >= 0.6 is 24.8 Å². The summed E-state index contributed by atoms with van der Waals surface area (Å²) in [4.78, 5) is 14.1. The van der Waals surface area contributed by atoms with E-state index in [1.54, 1.807) is 0 Å². The summed E-state index contributed by atoms with van der Waals surface area (Å²) in [7, 11) is 0. The van der Waals surface area contributed by atoms with Crippen molar-refractivity contribution in [1.82, 2.24) is 10.2 Å². The average molecular weight is 392 g/mol. The van der Waals surface area contributed by atoms with Crippen molar-refractivity contribution in [3.8, 4) is 0 Å². The highest BCUT2D eigenvalue weighted by Crippen LogP contribution is 2.14. The number of likely N-dealkylation sites (tertiary alicyclic amines) is 1. The first-order valence-electron chi connectivity index (χ1n) is 8.53. The number of carbonyl (C=O) groups excluding carboxylic acids is 1. The third-order valence-electron chi connectivity index (χ3n) is 4.30. The second kappa shape index (κ2) is 12.5. The van der Waals surface area contributed by atoms with Crippen molar-refractivity contribution in [2.45, 2.75) is 57.8 Å². The smallest absolute Gasteiger partial charge is 0.220 e. The van der Waals surface area contributed by atoms with Crippen LogP contribution in [0.4, 0.5) is 0 Å². The fourth-order valence-electron chi connectivity index (χ4n) is 2.75. The number of aliphatic hydroxyl groups is 1. The molecular weight excluding hydrogens is 361 g/mol. The Labute approximate surface area is 163 Å². The van der Waals surface area contributed by atoms with E-state index in [1.165, 1.54) is 5.56 Å². The SMILES string of the molecule is CC(N)CCC(=O)NCc1ccc(CN2CCC(O)CC2)cc1.Cl.Cl. The Morgan fingerprint density at radius 3 is 2.36 bits per heavy atom. The van der Waals surface area contributed by atoms with Gasteiger partial charge in [-0.2, -0.15) is 0 Å². The van der Waals surface area contributed by atoms with E-state index in [0.717, 1.165) is 44.5 Å². The van der Waals surface area contributed by atoms with Gasteiger partial charge in [-0.05, 0) is 37.3 Å². The van der Waals surface area contributed by atoms with E-state index in [9.17, 15) is 9.90 Å². The molecule has 0 spiro atoms. The Morgan fingerprint density at radius 1 is 1.24 bits per heavy atom. The van der Waals surface area contributed by atoms with Crippen LogP contribution in [0.15, 0.2) is 24.3 Å². The van der Waals surface area contributed by atoms with E-state index < -0.39 is 0 Å². The van der Waals surface area contributed by atoms with Crippen molar-refractivity contribution in [2.75, 3.05) is 13.1 Å². The third-order valence-corrected chi connectivity index (χ3v) is 4.30. The number of aliphatic hydroxyl groups excluding tert-OH is 1. The molecule has 1 aromatic carbocycles. The quantitative estimate of drug-likeness (QED) is 0.665. The van der Waals surface area contributed by atoms with Crippen molar-refractivity contribution in [2.24, 2.45) is 5.73 Å². The summed E-state index contributed by atoms with van der Waals surface area (Å²) < 4.78 is 0. The number of amides is 1. The monoisotopic (exact) mass is 391 g/mol. The highest BCUT2D eigenvalue weighted by Gasteiger charge is 2.16. The maximum atomic E-state index is 11.7. The van der Waals surface area contributed by atoms with Gasteiger partial charge >= 0.3 is 0 Å². The molecule has 0 aliphatic carbocycles. The molecule has 1 heterocycles. The predicted octanol–water partition coefficient (Wildman–Crippen LogP) is 2.23. The van der Waals surface area contributed by atoms with Gasteiger partial charge in [0.1, 0.15) is 0 Å². The molecule has 1 amide bonds. The highest BCUT2D eigenvalue weighted by molar-refractivity contribution is 5.85. The minimum absolute atomic E-state index is 0. The molecule has 1 saturated heterocycles. The Kier molecular flexibility index (Phi) is 12.1. The second-order valence-corrected chi connectivity index (χ2v) is 6.62. The van der Waals surface area contributed by atoms with Gasteiger partial charge in [0.2, 0.25) is 5.91 Å². The average Bonchev–Trinajstić information content (AvgIpc) is 2.54. The van der Waals surface area contributed by atoms with Gasteiger partial charge in [-0.15, -0.1) is 24.8 Å². The number of hydrogen-bond acceptors (Lipinski definition) is 4. The van der Waals surface area contributed by atoms with E-state index >= 15 is 0 Å². The van der Waals surface area contributed by atoms with Gasteiger partial charge in [0.15, 0.2) is 0 Å². The molecule has 4 N–H and O–H groups in total. The van der Waals surface area contributed by atoms with Crippen molar-refractivity contribution in [1.29, 1.82) is 0 Å². The Bertz CT molecular complexity index is 490. The molecule has 0 bridgehead atoms. The van der Waals surface area contributed by atoms with Gasteiger partial charge in [0.25, 0.3) is 0 Å². The summed E-state index contributed by atoms with van der Waals surface area (Å²) in [6.07, 6.45) is 2.81. The minimum Gasteiger partial charge on any atom is -0.393 e. The predicted molar refractivity (Wildman–Crippen MR) is 106 cm³/mol. The van der Waals surface area contributed by atoms with Gasteiger partial charge in [-0.3, -0.25) is 9.69 Å². The van der Waals surface area contributed by atoms with Crippen LogP contribution in [0.5, 0.6) is 0 Å². The fraction of sp³-hybridized carbons (Fsp3) is 0.611. The first-order chi connectivity index (χ1) is 11.0. The molecule has 0 saturated carbocycles. The molecule has 1 atom stereocenters. The fourth-order valence-corrected chi connectivity index (χ4v) is 2.75. The molecule has 0 radical (unpaired) electrons. The molecule has 0 aromatic heterocycles. The number of piperidine rings is 1. The molecule has 2 rings (SSSR count). The zero-order chi connectivity index (χ0) is 16.7. The maximum Gasteiger partial charge on any atom is 0.220 e. The molecular formula is C18H31Cl2N3O2. The van der Waals surface area contributed by atoms with E-state index in [0.29, 0.717) is 13.0 Å². The lowest BCUT2D eigenvalue weighted by Gasteiger charge is -2.29. The van der Waals surface area contributed by atoms with Crippen molar-refractivity contribution < 1.29 is 9.90 Å². The van der Waals surface area contributed by atoms with Crippen LogP contribution in [-0.2, 0) is 17.9 Å². The number of benzene rings is 1. The summed E-state index contributed by atoms with van der Waals surface area (Å²) in [5, 5.41) is 12.5. The number of carbonyl (C=O) groups is 1. The Hall–Kier alpha value is -0.850. The van der Waals surface area contributed by atoms with Crippen molar-refractivity contribution >= 4 is 30.7 Å². The lowest BCUT2D eigenvalue weighted by Crippen LogP contribution is -2.35. The number of hydrogen-bond donors (Lipinski definition) is 3. The summed E-state index contributed by atoms with van der Waals surface area (Å²) in [6.45, 7) is 5.31. The summed E-state index contributed by atoms with van der Waals surface area (Å²) in [6, 6.07) is 8.44. The van der Waals surface area contributed by atoms with Gasteiger partial charge in [0.05, 0.1) is 6.10 Å². The lowest BCUT2D eigenvalue weighted by atomic mass is 10.1. The number of rotatable bonds is 7. The molecule has 1 aliphatic heterocycles. The number of nitrogens with zero attached hydrogens (tertiary/aromatic N) is 1. The maximum absolute atomic E-state index is 11.7. The topological polar surface area (TPSA) is 78.6 Å². The van der Waals surface area contributed by atoms with E-state index in [4.69, 9.17) is 5.73 Å². The second-order valence-electron chi connectivity index (χ2n) is 6.62.